The molecule has 3 rings (SSSR count). The van der Waals surface area contributed by atoms with E-state index >= 15 is 0 Å². The molecule has 0 bridgehead atoms. The minimum absolute atomic E-state index is 0.0573. The number of hydrogen-bond acceptors (Lipinski definition) is 4. The third-order valence-electron chi connectivity index (χ3n) is 5.07. The van der Waals surface area contributed by atoms with Crippen molar-refractivity contribution in [3.63, 3.8) is 0 Å². The smallest absolute Gasteiger partial charge is 0.306 e. The van der Waals surface area contributed by atoms with Crippen molar-refractivity contribution in [3.05, 3.63) is 53.6 Å². The predicted octanol–water partition coefficient (Wildman–Crippen LogP) is 4.02. The molecule has 2 aromatic rings. The molecule has 0 radical (unpaired) electrons. The first kappa shape index (κ1) is 17.2. The molecule has 1 aliphatic rings. The number of ketones is 1. The average molecular weight is 337 g/mol. The minimum atomic E-state index is -0.672. The van der Waals surface area contributed by atoms with Crippen LogP contribution in [0.15, 0.2) is 42.5 Å². The van der Waals surface area contributed by atoms with Gasteiger partial charge in [0.15, 0.2) is 5.78 Å². The summed E-state index contributed by atoms with van der Waals surface area (Å²) in [6.45, 7) is 4.07. The summed E-state index contributed by atoms with van der Waals surface area (Å²) in [7, 11) is 0. The highest BCUT2D eigenvalue weighted by atomic mass is 16.5. The zero-order valence-electron chi connectivity index (χ0n) is 14.7. The lowest BCUT2D eigenvalue weighted by Gasteiger charge is -2.24. The van der Waals surface area contributed by atoms with Gasteiger partial charge in [-0.15, -0.1) is 0 Å². The van der Waals surface area contributed by atoms with Crippen molar-refractivity contribution < 1.29 is 14.3 Å². The summed E-state index contributed by atoms with van der Waals surface area (Å²) in [4.78, 5) is 25.0. The van der Waals surface area contributed by atoms with E-state index in [9.17, 15) is 9.59 Å². The van der Waals surface area contributed by atoms with Crippen molar-refractivity contribution in [2.75, 3.05) is 12.3 Å². The molecule has 4 nitrogen and oxygen atoms in total. The Morgan fingerprint density at radius 1 is 1.12 bits per heavy atom. The zero-order valence-corrected chi connectivity index (χ0v) is 14.7. The summed E-state index contributed by atoms with van der Waals surface area (Å²) < 4.78 is 5.08. The maximum Gasteiger partial charge on any atom is 0.306 e. The van der Waals surface area contributed by atoms with Crippen molar-refractivity contribution in [2.45, 2.75) is 33.1 Å². The van der Waals surface area contributed by atoms with Gasteiger partial charge in [-0.05, 0) is 48.6 Å². The maximum atomic E-state index is 13.0. The third kappa shape index (κ3) is 3.16. The molecule has 0 saturated heterocycles. The molecule has 25 heavy (non-hydrogen) atoms. The van der Waals surface area contributed by atoms with E-state index in [0.29, 0.717) is 19.4 Å². The van der Waals surface area contributed by atoms with Crippen LogP contribution in [-0.2, 0) is 16.0 Å². The SMILES string of the molecule is CCOC(=O)CC1(CC)Cc2cc(-c3ccc(N)cc3)ccc2C1=O. The number of esters is 1. The van der Waals surface area contributed by atoms with E-state index in [0.717, 1.165) is 27.9 Å². The molecule has 0 spiro atoms. The second-order valence-electron chi connectivity index (χ2n) is 6.62. The molecule has 4 heteroatoms. The summed E-state index contributed by atoms with van der Waals surface area (Å²) in [5, 5.41) is 0. The third-order valence-corrected chi connectivity index (χ3v) is 5.07. The first-order valence-electron chi connectivity index (χ1n) is 8.68. The van der Waals surface area contributed by atoms with E-state index in [1.807, 2.05) is 43.3 Å². The molecule has 0 aromatic heterocycles. The first-order valence-corrected chi connectivity index (χ1v) is 8.68. The van der Waals surface area contributed by atoms with Gasteiger partial charge >= 0.3 is 5.97 Å². The standard InChI is InChI=1S/C21H23NO3/c1-3-21(13-19(23)25-4-2)12-16-11-15(7-10-18(16)20(21)24)14-5-8-17(22)9-6-14/h5-11H,3-4,12-13,22H2,1-2H3. The second kappa shape index (κ2) is 6.71. The van der Waals surface area contributed by atoms with Crippen LogP contribution in [0, 0.1) is 5.41 Å². The molecule has 1 unspecified atom stereocenters. The van der Waals surface area contributed by atoms with Gasteiger partial charge in [0.25, 0.3) is 0 Å². The van der Waals surface area contributed by atoms with Gasteiger partial charge in [0.1, 0.15) is 0 Å². The van der Waals surface area contributed by atoms with Crippen LogP contribution in [0.25, 0.3) is 11.1 Å². The van der Waals surface area contributed by atoms with E-state index in [2.05, 4.69) is 6.07 Å². The fraction of sp³-hybridized carbons (Fsp3) is 0.333. The van der Waals surface area contributed by atoms with E-state index in [-0.39, 0.29) is 18.2 Å². The normalized spacial score (nSPS) is 18.9. The molecular weight excluding hydrogens is 314 g/mol. The molecule has 0 fully saturated rings. The number of fused-ring (bicyclic) bond motifs is 1. The molecule has 2 N–H and O–H groups in total. The number of hydrogen-bond donors (Lipinski definition) is 1. The van der Waals surface area contributed by atoms with Crippen LogP contribution in [0.1, 0.15) is 42.6 Å². The zero-order chi connectivity index (χ0) is 18.0. The summed E-state index contributed by atoms with van der Waals surface area (Å²) in [5.74, 6) is -0.244. The number of carbonyl (C=O) groups excluding carboxylic acids is 2. The van der Waals surface area contributed by atoms with Crippen molar-refractivity contribution in [1.29, 1.82) is 0 Å². The van der Waals surface area contributed by atoms with Crippen molar-refractivity contribution >= 4 is 17.4 Å². The summed E-state index contributed by atoms with van der Waals surface area (Å²) in [6.07, 6.45) is 1.35. The summed E-state index contributed by atoms with van der Waals surface area (Å²) in [6, 6.07) is 13.6. The average Bonchev–Trinajstić information content (AvgIpc) is 2.88. The number of Topliss-reactive ketones (excluding diaryl/α,β-unsaturated/α-hetero) is 1. The monoisotopic (exact) mass is 337 g/mol. The Labute approximate surface area is 148 Å². The summed E-state index contributed by atoms with van der Waals surface area (Å²) >= 11 is 0. The number of carbonyl (C=O) groups is 2. The highest BCUT2D eigenvalue weighted by molar-refractivity contribution is 6.06. The van der Waals surface area contributed by atoms with Crippen LogP contribution in [0.2, 0.25) is 0 Å². The Bertz CT molecular complexity index is 810. The van der Waals surface area contributed by atoms with Crippen LogP contribution < -0.4 is 5.73 Å². The Balaban J connectivity index is 1.92. The van der Waals surface area contributed by atoms with Crippen molar-refractivity contribution in [1.82, 2.24) is 0 Å². The highest BCUT2D eigenvalue weighted by Crippen LogP contribution is 2.43. The van der Waals surface area contributed by atoms with Gasteiger partial charge in [0.05, 0.1) is 13.0 Å². The molecule has 0 amide bonds. The minimum Gasteiger partial charge on any atom is -0.466 e. The molecule has 0 saturated carbocycles. The van der Waals surface area contributed by atoms with Crippen LogP contribution in [0.3, 0.4) is 0 Å². The van der Waals surface area contributed by atoms with Gasteiger partial charge in [-0.25, -0.2) is 0 Å². The van der Waals surface area contributed by atoms with Gasteiger partial charge in [0.2, 0.25) is 0 Å². The molecule has 1 aliphatic carbocycles. The Hall–Kier alpha value is -2.62. The van der Waals surface area contributed by atoms with Gasteiger partial charge in [-0.3, -0.25) is 9.59 Å². The molecular formula is C21H23NO3. The number of nitrogens with two attached hydrogens (primary N) is 1. The molecule has 2 aromatic carbocycles. The quantitative estimate of drug-likeness (QED) is 0.661. The van der Waals surface area contributed by atoms with Crippen LogP contribution in [0.4, 0.5) is 5.69 Å². The van der Waals surface area contributed by atoms with Crippen LogP contribution in [0.5, 0.6) is 0 Å². The predicted molar refractivity (Wildman–Crippen MR) is 98.3 cm³/mol. The molecule has 0 aliphatic heterocycles. The molecule has 130 valence electrons. The van der Waals surface area contributed by atoms with Crippen LogP contribution in [-0.4, -0.2) is 18.4 Å². The van der Waals surface area contributed by atoms with E-state index in [1.165, 1.54) is 0 Å². The van der Waals surface area contributed by atoms with Crippen LogP contribution >= 0.6 is 0 Å². The fourth-order valence-corrected chi connectivity index (χ4v) is 3.59. The number of ether oxygens (including phenoxy) is 1. The van der Waals surface area contributed by atoms with Gasteiger partial charge in [-0.1, -0.05) is 37.3 Å². The Morgan fingerprint density at radius 2 is 1.80 bits per heavy atom. The Morgan fingerprint density at radius 3 is 2.44 bits per heavy atom. The lowest BCUT2D eigenvalue weighted by molar-refractivity contribution is -0.145. The number of nitrogen functional groups attached to an aromatic ring is 1. The van der Waals surface area contributed by atoms with Gasteiger partial charge in [-0.2, -0.15) is 0 Å². The number of rotatable bonds is 5. The fourth-order valence-electron chi connectivity index (χ4n) is 3.59. The van der Waals surface area contributed by atoms with E-state index < -0.39 is 5.41 Å². The topological polar surface area (TPSA) is 69.4 Å². The van der Waals surface area contributed by atoms with E-state index in [4.69, 9.17) is 10.5 Å². The second-order valence-corrected chi connectivity index (χ2v) is 6.62. The first-order chi connectivity index (χ1) is 12.0. The molecule has 0 heterocycles. The molecule has 1 atom stereocenters. The lowest BCUT2D eigenvalue weighted by Crippen LogP contribution is -2.31. The van der Waals surface area contributed by atoms with Gasteiger partial charge in [0, 0.05) is 16.7 Å². The van der Waals surface area contributed by atoms with Crippen molar-refractivity contribution in [2.24, 2.45) is 5.41 Å². The van der Waals surface area contributed by atoms with E-state index in [1.54, 1.807) is 6.92 Å². The largest absolute Gasteiger partial charge is 0.466 e. The lowest BCUT2D eigenvalue weighted by atomic mass is 9.78. The van der Waals surface area contributed by atoms with Gasteiger partial charge < -0.3 is 10.5 Å². The maximum absolute atomic E-state index is 13.0. The number of anilines is 1. The highest BCUT2D eigenvalue weighted by Gasteiger charge is 2.45. The number of benzene rings is 2. The summed E-state index contributed by atoms with van der Waals surface area (Å²) in [5.41, 5.74) is 9.64. The Kier molecular flexibility index (Phi) is 4.62. The van der Waals surface area contributed by atoms with Crippen molar-refractivity contribution in [3.8, 4) is 11.1 Å².